The first-order chi connectivity index (χ1) is 15.3. The molecule has 0 aliphatic heterocycles. The molecule has 33 heavy (non-hydrogen) atoms. The standard InChI is InChI=1S/C21H23F3N2O6S/c1-14(2)19(28)32-12-6-4-3-5-11-26-13-17(18(27)25-20(26)29)15-7-9-16(10-8-15)33(30,31)21(22,23)24/h7-10,13H,1,3-6,11-12H2,2H3,(H,25,27,29). The average Bonchev–Trinajstić information content (AvgIpc) is 2.73. The van der Waals surface area contributed by atoms with E-state index in [1.54, 1.807) is 6.92 Å². The van der Waals surface area contributed by atoms with Gasteiger partial charge in [-0.15, -0.1) is 0 Å². The van der Waals surface area contributed by atoms with Crippen molar-refractivity contribution in [3.8, 4) is 11.1 Å². The van der Waals surface area contributed by atoms with Crippen molar-refractivity contribution in [1.29, 1.82) is 0 Å². The first-order valence-corrected chi connectivity index (χ1v) is 11.4. The number of unbranched alkanes of at least 4 members (excludes halogenated alkanes) is 3. The molecule has 1 aromatic heterocycles. The quantitative estimate of drug-likeness (QED) is 0.312. The highest BCUT2D eigenvalue weighted by Crippen LogP contribution is 2.31. The number of benzene rings is 1. The molecule has 0 unspecified atom stereocenters. The lowest BCUT2D eigenvalue weighted by Gasteiger charge is -2.10. The highest BCUT2D eigenvalue weighted by atomic mass is 32.2. The van der Waals surface area contributed by atoms with Crippen molar-refractivity contribution in [3.05, 3.63) is 63.5 Å². The van der Waals surface area contributed by atoms with Gasteiger partial charge in [0.1, 0.15) is 0 Å². The number of esters is 1. The Labute approximate surface area is 187 Å². The Balaban J connectivity index is 2.04. The van der Waals surface area contributed by atoms with Crippen molar-refractivity contribution in [3.63, 3.8) is 0 Å². The number of nitrogens with zero attached hydrogens (tertiary/aromatic N) is 1. The van der Waals surface area contributed by atoms with E-state index in [0.29, 0.717) is 18.4 Å². The molecule has 0 aliphatic rings. The fourth-order valence-electron chi connectivity index (χ4n) is 2.85. The largest absolute Gasteiger partial charge is 0.501 e. The lowest BCUT2D eigenvalue weighted by atomic mass is 10.1. The van der Waals surface area contributed by atoms with Gasteiger partial charge in [-0.2, -0.15) is 13.2 Å². The topological polar surface area (TPSA) is 115 Å². The summed E-state index contributed by atoms with van der Waals surface area (Å²) in [6.45, 7) is 5.56. The molecule has 0 saturated heterocycles. The molecule has 2 aromatic rings. The SMILES string of the molecule is C=C(C)C(=O)OCCCCCCn1cc(-c2ccc(S(=O)(=O)C(F)(F)F)cc2)c(=O)[nH]c1=O. The molecule has 2 rings (SSSR count). The fraction of sp³-hybridized carbons (Fsp3) is 0.381. The lowest BCUT2D eigenvalue weighted by Crippen LogP contribution is -2.30. The Morgan fingerprint density at radius 1 is 1.09 bits per heavy atom. The van der Waals surface area contributed by atoms with Crippen molar-refractivity contribution in [2.75, 3.05) is 6.61 Å². The zero-order valence-electron chi connectivity index (χ0n) is 17.8. The van der Waals surface area contributed by atoms with Gasteiger partial charge in [-0.05, 0) is 43.9 Å². The maximum absolute atomic E-state index is 12.7. The molecule has 0 amide bonds. The summed E-state index contributed by atoms with van der Waals surface area (Å²) in [5.41, 5.74) is -6.34. The van der Waals surface area contributed by atoms with E-state index in [4.69, 9.17) is 4.74 Å². The van der Waals surface area contributed by atoms with Gasteiger partial charge < -0.3 is 4.74 Å². The summed E-state index contributed by atoms with van der Waals surface area (Å²) in [5, 5.41) is 0. The van der Waals surface area contributed by atoms with Gasteiger partial charge in [0.2, 0.25) is 0 Å². The highest BCUT2D eigenvalue weighted by Gasteiger charge is 2.46. The van der Waals surface area contributed by atoms with Crippen LogP contribution < -0.4 is 11.2 Å². The third-order valence-electron chi connectivity index (χ3n) is 4.67. The van der Waals surface area contributed by atoms with Crippen molar-refractivity contribution in [2.24, 2.45) is 0 Å². The van der Waals surface area contributed by atoms with Gasteiger partial charge in [0.25, 0.3) is 15.4 Å². The van der Waals surface area contributed by atoms with E-state index < -0.39 is 37.5 Å². The number of rotatable bonds is 10. The maximum Gasteiger partial charge on any atom is 0.501 e. The molecule has 0 spiro atoms. The van der Waals surface area contributed by atoms with Crippen LogP contribution in [0, 0.1) is 0 Å². The summed E-state index contributed by atoms with van der Waals surface area (Å²) in [7, 11) is -5.50. The van der Waals surface area contributed by atoms with E-state index in [-0.39, 0.29) is 24.3 Å². The normalized spacial score (nSPS) is 11.9. The molecule has 12 heteroatoms. The maximum atomic E-state index is 12.7. The van der Waals surface area contributed by atoms with Crippen LogP contribution in [-0.2, 0) is 25.9 Å². The summed E-state index contributed by atoms with van der Waals surface area (Å²) in [6, 6.07) is 3.66. The number of H-pyrrole nitrogens is 1. The molecule has 0 atom stereocenters. The van der Waals surface area contributed by atoms with Crippen LogP contribution in [0.5, 0.6) is 0 Å². The van der Waals surface area contributed by atoms with Gasteiger partial charge in [0.15, 0.2) is 0 Å². The number of alkyl halides is 3. The Hall–Kier alpha value is -3.15. The first-order valence-electron chi connectivity index (χ1n) is 9.93. The zero-order valence-corrected chi connectivity index (χ0v) is 18.6. The highest BCUT2D eigenvalue weighted by molar-refractivity contribution is 7.92. The van der Waals surface area contributed by atoms with E-state index in [1.165, 1.54) is 10.8 Å². The van der Waals surface area contributed by atoms with Crippen LogP contribution in [0.1, 0.15) is 32.6 Å². The Morgan fingerprint density at radius 2 is 1.70 bits per heavy atom. The predicted molar refractivity (Wildman–Crippen MR) is 114 cm³/mol. The molecular weight excluding hydrogens is 465 g/mol. The van der Waals surface area contributed by atoms with E-state index in [0.717, 1.165) is 37.1 Å². The number of nitrogens with one attached hydrogen (secondary N) is 1. The number of ether oxygens (including phenoxy) is 1. The van der Waals surface area contributed by atoms with E-state index in [2.05, 4.69) is 11.6 Å². The summed E-state index contributed by atoms with van der Waals surface area (Å²) >= 11 is 0. The van der Waals surface area contributed by atoms with Gasteiger partial charge in [-0.1, -0.05) is 25.1 Å². The lowest BCUT2D eigenvalue weighted by molar-refractivity contribution is -0.139. The minimum Gasteiger partial charge on any atom is -0.462 e. The van der Waals surface area contributed by atoms with E-state index in [9.17, 15) is 36.0 Å². The van der Waals surface area contributed by atoms with Crippen molar-refractivity contribution >= 4 is 15.8 Å². The molecular formula is C21H23F3N2O6S. The average molecular weight is 488 g/mol. The minimum atomic E-state index is -5.50. The molecule has 1 aromatic carbocycles. The number of aromatic nitrogens is 2. The Kier molecular flexibility index (Phi) is 8.42. The molecule has 0 aliphatic carbocycles. The van der Waals surface area contributed by atoms with Crippen LogP contribution in [-0.4, -0.2) is 36.1 Å². The molecule has 8 nitrogen and oxygen atoms in total. The Bertz CT molecular complexity index is 1230. The van der Waals surface area contributed by atoms with Gasteiger partial charge in [-0.25, -0.2) is 18.0 Å². The summed E-state index contributed by atoms with van der Waals surface area (Å²) in [5.74, 6) is -0.452. The molecule has 0 radical (unpaired) electrons. The van der Waals surface area contributed by atoms with Crippen LogP contribution >= 0.6 is 0 Å². The van der Waals surface area contributed by atoms with Gasteiger partial charge >= 0.3 is 17.2 Å². The minimum absolute atomic E-state index is 0.0114. The molecule has 1 heterocycles. The second-order valence-electron chi connectivity index (χ2n) is 7.30. The number of carbonyl (C=O) groups excluding carboxylic acids is 1. The molecule has 0 bridgehead atoms. The van der Waals surface area contributed by atoms with Crippen LogP contribution in [0.15, 0.2) is 57.1 Å². The first kappa shape index (κ1) is 26.1. The predicted octanol–water partition coefficient (Wildman–Crippen LogP) is 3.18. The van der Waals surface area contributed by atoms with Crippen molar-refractivity contribution < 1.29 is 31.1 Å². The monoisotopic (exact) mass is 488 g/mol. The molecule has 1 N–H and O–H groups in total. The summed E-state index contributed by atoms with van der Waals surface area (Å²) in [4.78, 5) is 36.7. The van der Waals surface area contributed by atoms with Gasteiger partial charge in [-0.3, -0.25) is 14.3 Å². The van der Waals surface area contributed by atoms with Crippen LogP contribution in [0.3, 0.4) is 0 Å². The zero-order chi connectivity index (χ0) is 24.8. The number of carbonyl (C=O) groups is 1. The summed E-state index contributed by atoms with van der Waals surface area (Å²) < 4.78 is 67.2. The third-order valence-corrected chi connectivity index (χ3v) is 6.17. The number of halogens is 3. The molecule has 0 fully saturated rings. The van der Waals surface area contributed by atoms with Crippen molar-refractivity contribution in [1.82, 2.24) is 9.55 Å². The fourth-order valence-corrected chi connectivity index (χ4v) is 3.62. The second kappa shape index (κ2) is 10.6. The second-order valence-corrected chi connectivity index (χ2v) is 9.24. The Morgan fingerprint density at radius 3 is 2.27 bits per heavy atom. The van der Waals surface area contributed by atoms with Crippen LogP contribution in [0.25, 0.3) is 11.1 Å². The van der Waals surface area contributed by atoms with Gasteiger partial charge in [0.05, 0.1) is 17.1 Å². The molecule has 180 valence electrons. The van der Waals surface area contributed by atoms with Crippen LogP contribution in [0.2, 0.25) is 0 Å². The number of hydrogen-bond acceptors (Lipinski definition) is 6. The number of sulfone groups is 1. The third kappa shape index (κ3) is 6.67. The number of aryl methyl sites for hydroxylation is 1. The van der Waals surface area contributed by atoms with E-state index >= 15 is 0 Å². The number of aromatic amines is 1. The van der Waals surface area contributed by atoms with Crippen molar-refractivity contribution in [2.45, 2.75) is 49.6 Å². The van der Waals surface area contributed by atoms with E-state index in [1.807, 2.05) is 0 Å². The summed E-state index contributed by atoms with van der Waals surface area (Å²) in [6.07, 6.45) is 3.96. The molecule has 0 saturated carbocycles. The van der Waals surface area contributed by atoms with Crippen LogP contribution in [0.4, 0.5) is 13.2 Å². The van der Waals surface area contributed by atoms with Gasteiger partial charge in [0, 0.05) is 18.3 Å². The smallest absolute Gasteiger partial charge is 0.462 e. The number of hydrogen-bond donors (Lipinski definition) is 1.